The number of para-hydroxylation sites is 2. The van der Waals surface area contributed by atoms with Crippen LogP contribution in [0.5, 0.6) is 5.75 Å². The Morgan fingerprint density at radius 1 is 1.39 bits per heavy atom. The standard InChI is InChI=1S/C16H20N4O3/c1-11-10-23-9-8-19(11)16(21)15-12(2)20(18-17-15)13-6-4-5-7-14(13)22-3/h4-7,11H,8-10H2,1-3H3/t11-/m0/s1. The summed E-state index contributed by atoms with van der Waals surface area (Å²) in [5.74, 6) is 0.568. The molecule has 7 nitrogen and oxygen atoms in total. The van der Waals surface area contributed by atoms with Crippen molar-refractivity contribution in [1.82, 2.24) is 19.9 Å². The van der Waals surface area contributed by atoms with Crippen LogP contribution in [0.4, 0.5) is 0 Å². The smallest absolute Gasteiger partial charge is 0.276 e. The molecule has 2 heterocycles. The first-order valence-corrected chi connectivity index (χ1v) is 7.58. The molecule has 23 heavy (non-hydrogen) atoms. The predicted octanol–water partition coefficient (Wildman–Crippen LogP) is 1.45. The fourth-order valence-corrected chi connectivity index (χ4v) is 2.73. The number of carbonyl (C=O) groups excluding carboxylic acids is 1. The largest absolute Gasteiger partial charge is 0.494 e. The van der Waals surface area contributed by atoms with Crippen LogP contribution in [0.2, 0.25) is 0 Å². The summed E-state index contributed by atoms with van der Waals surface area (Å²) in [5, 5.41) is 8.25. The van der Waals surface area contributed by atoms with Gasteiger partial charge in [0.05, 0.1) is 32.1 Å². The molecule has 3 rings (SSSR count). The van der Waals surface area contributed by atoms with Gasteiger partial charge in [-0.05, 0) is 26.0 Å². The van der Waals surface area contributed by atoms with Crippen molar-refractivity contribution in [2.45, 2.75) is 19.9 Å². The van der Waals surface area contributed by atoms with E-state index >= 15 is 0 Å². The molecule has 0 aliphatic carbocycles. The molecule has 0 unspecified atom stereocenters. The molecular formula is C16H20N4O3. The molecule has 0 spiro atoms. The molecule has 1 aromatic carbocycles. The van der Waals surface area contributed by atoms with Crippen LogP contribution in [0.15, 0.2) is 24.3 Å². The van der Waals surface area contributed by atoms with E-state index in [9.17, 15) is 4.79 Å². The highest BCUT2D eigenvalue weighted by Gasteiger charge is 2.29. The van der Waals surface area contributed by atoms with Crippen LogP contribution in [0.25, 0.3) is 5.69 Å². The Morgan fingerprint density at radius 3 is 2.91 bits per heavy atom. The van der Waals surface area contributed by atoms with Gasteiger partial charge in [-0.2, -0.15) is 0 Å². The topological polar surface area (TPSA) is 69.5 Å². The number of nitrogens with zero attached hydrogens (tertiary/aromatic N) is 4. The maximum Gasteiger partial charge on any atom is 0.276 e. The highest BCUT2D eigenvalue weighted by molar-refractivity contribution is 5.93. The molecule has 1 saturated heterocycles. The summed E-state index contributed by atoms with van der Waals surface area (Å²) in [4.78, 5) is 14.5. The van der Waals surface area contributed by atoms with Gasteiger partial charge in [0.25, 0.3) is 5.91 Å². The molecule has 0 saturated carbocycles. The Bertz CT molecular complexity index is 713. The lowest BCUT2D eigenvalue weighted by atomic mass is 10.2. The normalized spacial score (nSPS) is 18.0. The van der Waals surface area contributed by atoms with Crippen molar-refractivity contribution >= 4 is 5.91 Å². The number of hydrogen-bond acceptors (Lipinski definition) is 5. The van der Waals surface area contributed by atoms with Gasteiger partial charge < -0.3 is 14.4 Å². The van der Waals surface area contributed by atoms with Crippen molar-refractivity contribution in [2.24, 2.45) is 0 Å². The summed E-state index contributed by atoms with van der Waals surface area (Å²) in [7, 11) is 1.60. The Morgan fingerprint density at radius 2 is 2.17 bits per heavy atom. The summed E-state index contributed by atoms with van der Waals surface area (Å²) < 4.78 is 12.4. The first-order chi connectivity index (χ1) is 11.1. The van der Waals surface area contributed by atoms with Gasteiger partial charge in [0.15, 0.2) is 5.69 Å². The molecule has 0 bridgehead atoms. The van der Waals surface area contributed by atoms with Crippen LogP contribution in [-0.2, 0) is 4.74 Å². The predicted molar refractivity (Wildman–Crippen MR) is 84.0 cm³/mol. The van der Waals surface area contributed by atoms with Gasteiger partial charge in [-0.25, -0.2) is 4.68 Å². The van der Waals surface area contributed by atoms with E-state index in [4.69, 9.17) is 9.47 Å². The molecule has 1 aromatic heterocycles. The highest BCUT2D eigenvalue weighted by Crippen LogP contribution is 2.24. The summed E-state index contributed by atoms with van der Waals surface area (Å²) in [6.45, 7) is 5.48. The number of ether oxygens (including phenoxy) is 2. The molecule has 0 N–H and O–H groups in total. The summed E-state index contributed by atoms with van der Waals surface area (Å²) in [6.07, 6.45) is 0. The Balaban J connectivity index is 1.94. The van der Waals surface area contributed by atoms with Crippen molar-refractivity contribution in [2.75, 3.05) is 26.9 Å². The lowest BCUT2D eigenvalue weighted by Gasteiger charge is -2.32. The summed E-state index contributed by atoms with van der Waals surface area (Å²) in [6, 6.07) is 7.54. The van der Waals surface area contributed by atoms with E-state index in [1.54, 1.807) is 16.7 Å². The minimum atomic E-state index is -0.112. The maximum atomic E-state index is 12.8. The van der Waals surface area contributed by atoms with E-state index in [2.05, 4.69) is 10.3 Å². The third-order valence-electron chi connectivity index (χ3n) is 4.04. The minimum absolute atomic E-state index is 0.0343. The average molecular weight is 316 g/mol. The molecule has 1 aliphatic heterocycles. The lowest BCUT2D eigenvalue weighted by Crippen LogP contribution is -2.47. The zero-order chi connectivity index (χ0) is 16.4. The molecule has 2 aromatic rings. The fraction of sp³-hybridized carbons (Fsp3) is 0.438. The van der Waals surface area contributed by atoms with Crippen molar-refractivity contribution in [3.8, 4) is 11.4 Å². The molecule has 7 heteroatoms. The fourth-order valence-electron chi connectivity index (χ4n) is 2.73. The van der Waals surface area contributed by atoms with Crippen molar-refractivity contribution in [1.29, 1.82) is 0 Å². The van der Waals surface area contributed by atoms with Crippen molar-refractivity contribution in [3.05, 3.63) is 35.7 Å². The Hall–Kier alpha value is -2.41. The number of carbonyl (C=O) groups is 1. The monoisotopic (exact) mass is 316 g/mol. The maximum absolute atomic E-state index is 12.8. The first kappa shape index (κ1) is 15.5. The Labute approximate surface area is 134 Å². The molecule has 1 aliphatic rings. The highest BCUT2D eigenvalue weighted by atomic mass is 16.5. The molecule has 1 amide bonds. The van der Waals surface area contributed by atoms with Crippen LogP contribution in [0, 0.1) is 6.92 Å². The van der Waals surface area contributed by atoms with Crippen LogP contribution < -0.4 is 4.74 Å². The number of benzene rings is 1. The van der Waals surface area contributed by atoms with E-state index < -0.39 is 0 Å². The van der Waals surface area contributed by atoms with Crippen LogP contribution in [0.1, 0.15) is 23.1 Å². The van der Waals surface area contributed by atoms with Crippen LogP contribution in [-0.4, -0.2) is 58.7 Å². The molecular weight excluding hydrogens is 296 g/mol. The summed E-state index contributed by atoms with van der Waals surface area (Å²) in [5.41, 5.74) is 1.82. The zero-order valence-electron chi connectivity index (χ0n) is 13.5. The van der Waals surface area contributed by atoms with Crippen LogP contribution in [0.3, 0.4) is 0 Å². The minimum Gasteiger partial charge on any atom is -0.494 e. The zero-order valence-corrected chi connectivity index (χ0v) is 13.5. The third kappa shape index (κ3) is 2.79. The van der Waals surface area contributed by atoms with Gasteiger partial charge in [0, 0.05) is 6.54 Å². The van der Waals surface area contributed by atoms with E-state index in [1.807, 2.05) is 38.1 Å². The van der Waals surface area contributed by atoms with E-state index in [0.29, 0.717) is 36.9 Å². The number of hydrogen-bond donors (Lipinski definition) is 0. The van der Waals surface area contributed by atoms with Gasteiger partial charge >= 0.3 is 0 Å². The first-order valence-electron chi connectivity index (χ1n) is 7.58. The van der Waals surface area contributed by atoms with Gasteiger partial charge in [-0.15, -0.1) is 5.10 Å². The number of methoxy groups -OCH3 is 1. The number of amides is 1. The number of morpholine rings is 1. The van der Waals surface area contributed by atoms with Crippen molar-refractivity contribution in [3.63, 3.8) is 0 Å². The summed E-state index contributed by atoms with van der Waals surface area (Å²) >= 11 is 0. The van der Waals surface area contributed by atoms with E-state index in [-0.39, 0.29) is 11.9 Å². The SMILES string of the molecule is COc1ccccc1-n1nnc(C(=O)N2CCOC[C@@H]2C)c1C. The van der Waals surface area contributed by atoms with Gasteiger partial charge in [-0.3, -0.25) is 4.79 Å². The second-order valence-corrected chi connectivity index (χ2v) is 5.53. The second kappa shape index (κ2) is 6.37. The number of aromatic nitrogens is 3. The molecule has 1 atom stereocenters. The average Bonchev–Trinajstić information content (AvgIpc) is 2.96. The van der Waals surface area contributed by atoms with Gasteiger partial charge in [0.1, 0.15) is 11.4 Å². The van der Waals surface area contributed by atoms with Crippen molar-refractivity contribution < 1.29 is 14.3 Å². The van der Waals surface area contributed by atoms with E-state index in [1.165, 1.54) is 0 Å². The second-order valence-electron chi connectivity index (χ2n) is 5.53. The lowest BCUT2D eigenvalue weighted by molar-refractivity contribution is 0.00322. The van der Waals surface area contributed by atoms with Crippen LogP contribution >= 0.6 is 0 Å². The quantitative estimate of drug-likeness (QED) is 0.857. The molecule has 0 radical (unpaired) electrons. The van der Waals surface area contributed by atoms with Gasteiger partial charge in [0.2, 0.25) is 0 Å². The molecule has 122 valence electrons. The number of rotatable bonds is 3. The van der Waals surface area contributed by atoms with E-state index in [0.717, 1.165) is 5.69 Å². The molecule has 1 fully saturated rings. The third-order valence-corrected chi connectivity index (χ3v) is 4.04. The Kier molecular flexibility index (Phi) is 4.29. The van der Waals surface area contributed by atoms with Gasteiger partial charge in [-0.1, -0.05) is 17.3 Å².